The van der Waals surface area contributed by atoms with Gasteiger partial charge in [-0.15, -0.1) is 0 Å². The summed E-state index contributed by atoms with van der Waals surface area (Å²) in [5, 5.41) is 0. The van der Waals surface area contributed by atoms with E-state index in [2.05, 4.69) is 26.8 Å². The van der Waals surface area contributed by atoms with Crippen LogP contribution in [0.1, 0.15) is 26.7 Å². The van der Waals surface area contributed by atoms with Gasteiger partial charge in [-0.1, -0.05) is 18.6 Å². The summed E-state index contributed by atoms with van der Waals surface area (Å²) in [7, 11) is 0. The van der Waals surface area contributed by atoms with Gasteiger partial charge in [0.25, 0.3) is 0 Å². The van der Waals surface area contributed by atoms with Crippen LogP contribution in [0.3, 0.4) is 0 Å². The van der Waals surface area contributed by atoms with Crippen LogP contribution in [0.5, 0.6) is 0 Å². The molecule has 0 unspecified atom stereocenters. The Balaban J connectivity index is 2.98. The Morgan fingerprint density at radius 3 is 2.60 bits per heavy atom. The van der Waals surface area contributed by atoms with E-state index in [1.54, 1.807) is 0 Å². The molecule has 0 aliphatic carbocycles. The van der Waals surface area contributed by atoms with Crippen molar-refractivity contribution in [3.63, 3.8) is 0 Å². The van der Waals surface area contributed by atoms with Crippen LogP contribution in [0.2, 0.25) is 0 Å². The molecular formula is C9H17S. The van der Waals surface area contributed by atoms with Crippen molar-refractivity contribution in [2.24, 2.45) is 0 Å². The van der Waals surface area contributed by atoms with E-state index in [-0.39, 0.29) is 0 Å². The molecule has 0 aromatic rings. The fourth-order valence-electron chi connectivity index (χ4n) is 0.635. The molecule has 0 aromatic heterocycles. The molecule has 1 radical (unpaired) electrons. The van der Waals surface area contributed by atoms with Gasteiger partial charge >= 0.3 is 0 Å². The molecule has 0 saturated carbocycles. The summed E-state index contributed by atoms with van der Waals surface area (Å²) in [6, 6.07) is 0. The average molecular weight is 157 g/mol. The predicted molar refractivity (Wildman–Crippen MR) is 51.3 cm³/mol. The van der Waals surface area contributed by atoms with E-state index >= 15 is 0 Å². The average Bonchev–Trinajstić information content (AvgIpc) is 1.87. The van der Waals surface area contributed by atoms with Crippen molar-refractivity contribution in [2.45, 2.75) is 26.7 Å². The van der Waals surface area contributed by atoms with Crippen LogP contribution in [-0.2, 0) is 0 Å². The lowest BCUT2D eigenvalue weighted by molar-refractivity contribution is 1.17. The number of hydrogen-bond donors (Lipinski definition) is 0. The molecule has 0 atom stereocenters. The summed E-state index contributed by atoms with van der Waals surface area (Å²) in [6.07, 6.45) is 4.56. The van der Waals surface area contributed by atoms with Crippen molar-refractivity contribution in [1.82, 2.24) is 0 Å². The maximum absolute atomic E-state index is 3.78. The summed E-state index contributed by atoms with van der Waals surface area (Å²) in [4.78, 5) is 0. The third-order valence-electron chi connectivity index (χ3n) is 1.10. The minimum atomic E-state index is 1.06. The van der Waals surface area contributed by atoms with Gasteiger partial charge in [-0.2, -0.15) is 11.8 Å². The molecule has 59 valence electrons. The van der Waals surface area contributed by atoms with Crippen molar-refractivity contribution in [3.05, 3.63) is 18.6 Å². The second-order valence-corrected chi connectivity index (χ2v) is 3.76. The normalized spacial score (nSPS) is 9.50. The Kier molecular flexibility index (Phi) is 7.26. The van der Waals surface area contributed by atoms with Crippen LogP contribution in [0.4, 0.5) is 0 Å². The van der Waals surface area contributed by atoms with Crippen LogP contribution in [0.25, 0.3) is 0 Å². The van der Waals surface area contributed by atoms with E-state index in [0.29, 0.717) is 0 Å². The highest BCUT2D eigenvalue weighted by Crippen LogP contribution is 2.05. The highest BCUT2D eigenvalue weighted by molar-refractivity contribution is 7.99. The lowest BCUT2D eigenvalue weighted by Gasteiger charge is -1.94. The molecule has 0 N–H and O–H groups in total. The van der Waals surface area contributed by atoms with Crippen LogP contribution in [0, 0.1) is 6.92 Å². The van der Waals surface area contributed by atoms with Crippen molar-refractivity contribution in [1.29, 1.82) is 0 Å². The van der Waals surface area contributed by atoms with Crippen LogP contribution >= 0.6 is 11.8 Å². The molecule has 0 saturated heterocycles. The smallest absolute Gasteiger partial charge is 0.00328 e. The Bertz CT molecular complexity index is 90.9. The quantitative estimate of drug-likeness (QED) is 0.436. The number of thioether (sulfide) groups is 1. The monoisotopic (exact) mass is 157 g/mol. The first kappa shape index (κ1) is 10.1. The molecule has 0 aliphatic heterocycles. The summed E-state index contributed by atoms with van der Waals surface area (Å²) in [6.45, 7) is 8.07. The molecule has 0 nitrogen and oxygen atoms in total. The largest absolute Gasteiger partial charge is 0.162 e. The highest BCUT2D eigenvalue weighted by Gasteiger charge is 1.84. The highest BCUT2D eigenvalue weighted by atomic mass is 32.2. The van der Waals surface area contributed by atoms with Crippen molar-refractivity contribution < 1.29 is 0 Å². The first-order valence-electron chi connectivity index (χ1n) is 3.77. The molecule has 1 heteroatoms. The number of rotatable bonds is 5. The Morgan fingerprint density at radius 2 is 2.10 bits per heavy atom. The van der Waals surface area contributed by atoms with Crippen LogP contribution in [0.15, 0.2) is 11.6 Å². The van der Waals surface area contributed by atoms with E-state index < -0.39 is 0 Å². The maximum atomic E-state index is 3.78. The standard InChI is InChI=1S/C9H17S/c1-4-7-10-8-5-6-9(2)3/h6H,1,4-5,7-8H2,2-3H3. The summed E-state index contributed by atoms with van der Waals surface area (Å²) in [5.41, 5.74) is 1.43. The Morgan fingerprint density at radius 1 is 1.40 bits per heavy atom. The minimum Gasteiger partial charge on any atom is -0.162 e. The summed E-state index contributed by atoms with van der Waals surface area (Å²) in [5.74, 6) is 2.46. The zero-order valence-electron chi connectivity index (χ0n) is 7.02. The number of allylic oxidation sites excluding steroid dienone is 2. The van der Waals surface area contributed by atoms with Gasteiger partial charge in [0.1, 0.15) is 0 Å². The molecule has 0 spiro atoms. The molecule has 0 aliphatic rings. The van der Waals surface area contributed by atoms with Crippen LogP contribution < -0.4 is 0 Å². The van der Waals surface area contributed by atoms with Gasteiger partial charge in [0.15, 0.2) is 0 Å². The molecule has 0 aromatic carbocycles. The maximum Gasteiger partial charge on any atom is -0.00328 e. The third kappa shape index (κ3) is 8.09. The van der Waals surface area contributed by atoms with Crippen molar-refractivity contribution >= 4 is 11.8 Å². The molecule has 0 heterocycles. The van der Waals surface area contributed by atoms with Gasteiger partial charge in [0.2, 0.25) is 0 Å². The first-order valence-corrected chi connectivity index (χ1v) is 4.93. The van der Waals surface area contributed by atoms with E-state index in [1.807, 2.05) is 11.8 Å². The van der Waals surface area contributed by atoms with Crippen molar-refractivity contribution in [3.8, 4) is 0 Å². The Labute approximate surface area is 69.1 Å². The van der Waals surface area contributed by atoms with Gasteiger partial charge in [0.05, 0.1) is 0 Å². The van der Waals surface area contributed by atoms with Crippen molar-refractivity contribution in [2.75, 3.05) is 11.5 Å². The predicted octanol–water partition coefficient (Wildman–Crippen LogP) is 3.30. The van der Waals surface area contributed by atoms with Gasteiger partial charge < -0.3 is 0 Å². The van der Waals surface area contributed by atoms with E-state index in [0.717, 1.165) is 6.42 Å². The zero-order chi connectivity index (χ0) is 7.82. The fraction of sp³-hybridized carbons (Fsp3) is 0.667. The third-order valence-corrected chi connectivity index (χ3v) is 2.21. The summed E-state index contributed by atoms with van der Waals surface area (Å²) < 4.78 is 0. The van der Waals surface area contributed by atoms with Gasteiger partial charge in [0, 0.05) is 0 Å². The van der Waals surface area contributed by atoms with E-state index in [9.17, 15) is 0 Å². The summed E-state index contributed by atoms with van der Waals surface area (Å²) >= 11 is 1.99. The molecule has 0 bridgehead atoms. The molecular weight excluding hydrogens is 140 g/mol. The molecule has 0 amide bonds. The SMILES string of the molecule is [CH2]CCSCCC=C(C)C. The number of hydrogen-bond acceptors (Lipinski definition) is 1. The zero-order valence-corrected chi connectivity index (χ0v) is 7.84. The van der Waals surface area contributed by atoms with Gasteiger partial charge in [-0.3, -0.25) is 0 Å². The van der Waals surface area contributed by atoms with Crippen LogP contribution in [-0.4, -0.2) is 11.5 Å². The Hall–Kier alpha value is 0.0900. The lowest BCUT2D eigenvalue weighted by Crippen LogP contribution is -1.79. The second kappa shape index (κ2) is 7.20. The second-order valence-electron chi connectivity index (χ2n) is 2.54. The van der Waals surface area contributed by atoms with E-state index in [1.165, 1.54) is 23.5 Å². The lowest BCUT2D eigenvalue weighted by atomic mass is 10.3. The molecule has 10 heavy (non-hydrogen) atoms. The first-order chi connectivity index (χ1) is 4.77. The van der Waals surface area contributed by atoms with Gasteiger partial charge in [-0.05, 0) is 38.2 Å². The molecule has 0 fully saturated rings. The fourth-order valence-corrected chi connectivity index (χ4v) is 1.33. The van der Waals surface area contributed by atoms with E-state index in [4.69, 9.17) is 0 Å². The molecule has 0 rings (SSSR count). The van der Waals surface area contributed by atoms with Gasteiger partial charge in [-0.25, -0.2) is 0 Å². The topological polar surface area (TPSA) is 0 Å². The minimum absolute atomic E-state index is 1.06.